The number of fused-ring (bicyclic) bond motifs is 1. The van der Waals surface area contributed by atoms with Crippen LogP contribution in [-0.4, -0.2) is 10.8 Å². The van der Waals surface area contributed by atoms with Crippen LogP contribution < -0.4 is 5.43 Å². The molecule has 0 aliphatic carbocycles. The van der Waals surface area contributed by atoms with E-state index in [2.05, 4.69) is 57.7 Å². The van der Waals surface area contributed by atoms with Gasteiger partial charge in [0, 0.05) is 29.2 Å². The van der Waals surface area contributed by atoms with Crippen molar-refractivity contribution < 1.29 is 4.39 Å². The number of hydrazone groups is 1. The number of anilines is 1. The van der Waals surface area contributed by atoms with Crippen LogP contribution in [0.2, 0.25) is 0 Å². The molecule has 0 aliphatic heterocycles. The number of benzene rings is 3. The summed E-state index contributed by atoms with van der Waals surface area (Å²) in [6.07, 6.45) is 3.90. The van der Waals surface area contributed by atoms with E-state index in [0.717, 1.165) is 23.2 Å². The number of nitrogens with zero attached hydrogens (tertiary/aromatic N) is 2. The van der Waals surface area contributed by atoms with Gasteiger partial charge in [0.1, 0.15) is 5.82 Å². The molecule has 0 radical (unpaired) electrons. The summed E-state index contributed by atoms with van der Waals surface area (Å²) in [6, 6.07) is 24.8. The molecule has 0 aliphatic rings. The molecule has 0 saturated carbocycles. The predicted molar refractivity (Wildman–Crippen MR) is 105 cm³/mol. The molecule has 0 bridgehead atoms. The van der Waals surface area contributed by atoms with E-state index in [1.807, 2.05) is 18.2 Å². The summed E-state index contributed by atoms with van der Waals surface area (Å²) in [7, 11) is 0. The lowest BCUT2D eigenvalue weighted by Gasteiger charge is -2.05. The van der Waals surface area contributed by atoms with Gasteiger partial charge in [0.25, 0.3) is 0 Å². The maximum absolute atomic E-state index is 13.0. The Kier molecular flexibility index (Phi) is 4.48. The smallest absolute Gasteiger partial charge is 0.123 e. The lowest BCUT2D eigenvalue weighted by Crippen LogP contribution is -1.97. The van der Waals surface area contributed by atoms with E-state index in [4.69, 9.17) is 0 Å². The summed E-state index contributed by atoms with van der Waals surface area (Å²) in [5, 5.41) is 5.45. The molecule has 0 saturated heterocycles. The van der Waals surface area contributed by atoms with Gasteiger partial charge in [-0.2, -0.15) is 5.10 Å². The minimum atomic E-state index is -0.261. The second-order valence-electron chi connectivity index (χ2n) is 6.09. The van der Waals surface area contributed by atoms with Crippen LogP contribution >= 0.6 is 0 Å². The Morgan fingerprint density at radius 3 is 2.42 bits per heavy atom. The van der Waals surface area contributed by atoms with Gasteiger partial charge in [0.05, 0.1) is 11.9 Å². The van der Waals surface area contributed by atoms with Crippen molar-refractivity contribution in [3.05, 3.63) is 102 Å². The van der Waals surface area contributed by atoms with E-state index in [1.54, 1.807) is 18.3 Å². The summed E-state index contributed by atoms with van der Waals surface area (Å²) < 4.78 is 15.2. The number of para-hydroxylation sites is 1. The van der Waals surface area contributed by atoms with Gasteiger partial charge in [-0.1, -0.05) is 48.5 Å². The van der Waals surface area contributed by atoms with E-state index in [9.17, 15) is 4.39 Å². The second kappa shape index (κ2) is 7.23. The summed E-state index contributed by atoms with van der Waals surface area (Å²) in [6.45, 7) is 0.806. The van der Waals surface area contributed by atoms with E-state index in [0.29, 0.717) is 0 Å². The first kappa shape index (κ1) is 16.1. The highest BCUT2D eigenvalue weighted by Crippen LogP contribution is 2.21. The predicted octanol–water partition coefficient (Wildman–Crippen LogP) is 5.27. The first-order valence-corrected chi connectivity index (χ1v) is 8.46. The Labute approximate surface area is 151 Å². The average Bonchev–Trinajstić information content (AvgIpc) is 3.02. The lowest BCUT2D eigenvalue weighted by molar-refractivity contribution is 0.628. The van der Waals surface area contributed by atoms with E-state index >= 15 is 0 Å². The van der Waals surface area contributed by atoms with E-state index < -0.39 is 0 Å². The maximum atomic E-state index is 13.0. The fourth-order valence-electron chi connectivity index (χ4n) is 2.99. The third-order valence-electron chi connectivity index (χ3n) is 4.26. The SMILES string of the molecule is Fc1ccc(N/N=C/c2cn(Cc3ccccc3)c3ccccc23)cc1. The highest BCUT2D eigenvalue weighted by Gasteiger charge is 2.07. The van der Waals surface area contributed by atoms with Gasteiger partial charge in [-0.3, -0.25) is 5.43 Å². The highest BCUT2D eigenvalue weighted by atomic mass is 19.1. The minimum absolute atomic E-state index is 0.261. The Morgan fingerprint density at radius 1 is 0.885 bits per heavy atom. The number of aromatic nitrogens is 1. The topological polar surface area (TPSA) is 29.3 Å². The van der Waals surface area contributed by atoms with E-state index in [1.165, 1.54) is 23.2 Å². The molecule has 3 nitrogen and oxygen atoms in total. The molecule has 26 heavy (non-hydrogen) atoms. The van der Waals surface area contributed by atoms with Crippen molar-refractivity contribution in [2.45, 2.75) is 6.54 Å². The van der Waals surface area contributed by atoms with Crippen molar-refractivity contribution in [2.24, 2.45) is 5.10 Å². The van der Waals surface area contributed by atoms with Gasteiger partial charge in [-0.05, 0) is 35.9 Å². The molecule has 0 atom stereocenters. The average molecular weight is 343 g/mol. The number of nitrogens with one attached hydrogen (secondary N) is 1. The zero-order valence-electron chi connectivity index (χ0n) is 14.1. The quantitative estimate of drug-likeness (QED) is 0.388. The molecule has 4 rings (SSSR count). The number of hydrogen-bond acceptors (Lipinski definition) is 2. The van der Waals surface area contributed by atoms with Crippen LogP contribution in [0.4, 0.5) is 10.1 Å². The van der Waals surface area contributed by atoms with E-state index in [-0.39, 0.29) is 5.82 Å². The van der Waals surface area contributed by atoms with Crippen molar-refractivity contribution in [2.75, 3.05) is 5.43 Å². The molecule has 1 heterocycles. The number of halogens is 1. The minimum Gasteiger partial charge on any atom is -0.342 e. The molecule has 0 amide bonds. The van der Waals surface area contributed by atoms with Gasteiger partial charge in [0.15, 0.2) is 0 Å². The number of rotatable bonds is 5. The van der Waals surface area contributed by atoms with Crippen molar-refractivity contribution >= 4 is 22.8 Å². The first-order chi connectivity index (χ1) is 12.8. The van der Waals surface area contributed by atoms with Crippen LogP contribution in [0.25, 0.3) is 10.9 Å². The molecule has 0 spiro atoms. The molecular weight excluding hydrogens is 325 g/mol. The zero-order chi connectivity index (χ0) is 17.8. The Hall–Kier alpha value is -3.40. The normalized spacial score (nSPS) is 11.3. The maximum Gasteiger partial charge on any atom is 0.123 e. The fourth-order valence-corrected chi connectivity index (χ4v) is 2.99. The standard InChI is InChI=1S/C22H18FN3/c23-19-10-12-20(13-11-19)25-24-14-18-16-26(15-17-6-2-1-3-7-17)22-9-5-4-8-21(18)22/h1-14,16,25H,15H2/b24-14+. The molecule has 1 aromatic heterocycles. The lowest BCUT2D eigenvalue weighted by atomic mass is 10.2. The fraction of sp³-hybridized carbons (Fsp3) is 0.0455. The molecule has 1 N–H and O–H groups in total. The van der Waals surface area contributed by atoms with Crippen molar-refractivity contribution in [1.29, 1.82) is 0 Å². The third-order valence-corrected chi connectivity index (χ3v) is 4.26. The summed E-state index contributed by atoms with van der Waals surface area (Å²) in [5.74, 6) is -0.261. The van der Waals surface area contributed by atoms with Gasteiger partial charge in [-0.25, -0.2) is 4.39 Å². The monoisotopic (exact) mass is 343 g/mol. The molecule has 3 aromatic carbocycles. The van der Waals surface area contributed by atoms with Crippen molar-refractivity contribution in [1.82, 2.24) is 4.57 Å². The summed E-state index contributed by atoms with van der Waals surface area (Å²) >= 11 is 0. The van der Waals surface area contributed by atoms with Gasteiger partial charge in [0.2, 0.25) is 0 Å². The van der Waals surface area contributed by atoms with Gasteiger partial charge >= 0.3 is 0 Å². The zero-order valence-corrected chi connectivity index (χ0v) is 14.1. The molecule has 4 aromatic rings. The number of hydrogen-bond donors (Lipinski definition) is 1. The molecular formula is C22H18FN3. The molecule has 128 valence electrons. The van der Waals surface area contributed by atoms with Gasteiger partial charge < -0.3 is 4.57 Å². The van der Waals surface area contributed by atoms with Crippen LogP contribution in [0.15, 0.2) is 90.2 Å². The highest BCUT2D eigenvalue weighted by molar-refractivity contribution is 5.99. The Morgan fingerprint density at radius 2 is 1.62 bits per heavy atom. The van der Waals surface area contributed by atoms with Crippen molar-refractivity contribution in [3.63, 3.8) is 0 Å². The first-order valence-electron chi connectivity index (χ1n) is 8.46. The van der Waals surface area contributed by atoms with Crippen LogP contribution in [0.1, 0.15) is 11.1 Å². The van der Waals surface area contributed by atoms with Crippen molar-refractivity contribution in [3.8, 4) is 0 Å². The molecule has 0 fully saturated rings. The Balaban J connectivity index is 1.60. The Bertz CT molecular complexity index is 1030. The van der Waals surface area contributed by atoms with Crippen LogP contribution in [0.5, 0.6) is 0 Å². The third kappa shape index (κ3) is 3.49. The molecule has 4 heteroatoms. The second-order valence-corrected chi connectivity index (χ2v) is 6.09. The summed E-state index contributed by atoms with van der Waals surface area (Å²) in [5.41, 5.74) is 7.13. The van der Waals surface area contributed by atoms with Crippen LogP contribution in [-0.2, 0) is 6.54 Å². The summed E-state index contributed by atoms with van der Waals surface area (Å²) in [4.78, 5) is 0. The molecule has 0 unspecified atom stereocenters. The van der Waals surface area contributed by atoms with Crippen LogP contribution in [0.3, 0.4) is 0 Å². The van der Waals surface area contributed by atoms with Crippen LogP contribution in [0, 0.1) is 5.82 Å². The largest absolute Gasteiger partial charge is 0.342 e. The van der Waals surface area contributed by atoms with Gasteiger partial charge in [-0.15, -0.1) is 0 Å².